The average Bonchev–Trinajstić information content (AvgIpc) is 2.46. The Labute approximate surface area is 125 Å². The SMILES string of the molecule is CCCNC(Cc1cccc(F)c1)c1ccc(C)c(F)c1. The second kappa shape index (κ2) is 7.32. The highest BCUT2D eigenvalue weighted by Crippen LogP contribution is 2.21. The summed E-state index contributed by atoms with van der Waals surface area (Å²) >= 11 is 0. The van der Waals surface area contributed by atoms with Crippen LogP contribution in [0.25, 0.3) is 0 Å². The number of halogens is 2. The van der Waals surface area contributed by atoms with Crippen molar-refractivity contribution in [2.24, 2.45) is 0 Å². The average molecular weight is 289 g/mol. The van der Waals surface area contributed by atoms with E-state index in [1.165, 1.54) is 12.1 Å². The Hall–Kier alpha value is -1.74. The summed E-state index contributed by atoms with van der Waals surface area (Å²) in [5.41, 5.74) is 2.44. The number of benzene rings is 2. The topological polar surface area (TPSA) is 12.0 Å². The summed E-state index contributed by atoms with van der Waals surface area (Å²) in [7, 11) is 0. The lowest BCUT2D eigenvalue weighted by Gasteiger charge is -2.20. The summed E-state index contributed by atoms with van der Waals surface area (Å²) in [6.45, 7) is 4.68. The maximum Gasteiger partial charge on any atom is 0.126 e. The van der Waals surface area contributed by atoms with Crippen molar-refractivity contribution in [1.82, 2.24) is 5.32 Å². The molecule has 0 bridgehead atoms. The third-order valence-electron chi connectivity index (χ3n) is 3.57. The first-order valence-electron chi connectivity index (χ1n) is 7.34. The largest absolute Gasteiger partial charge is 0.310 e. The molecule has 0 aliphatic rings. The Balaban J connectivity index is 2.22. The highest BCUT2D eigenvalue weighted by atomic mass is 19.1. The molecule has 0 heterocycles. The van der Waals surface area contributed by atoms with Gasteiger partial charge in [0, 0.05) is 6.04 Å². The summed E-state index contributed by atoms with van der Waals surface area (Å²) in [6.07, 6.45) is 1.63. The Bertz CT molecular complexity index is 596. The van der Waals surface area contributed by atoms with E-state index in [1.807, 2.05) is 12.1 Å². The first-order valence-corrected chi connectivity index (χ1v) is 7.34. The number of rotatable bonds is 6. The zero-order chi connectivity index (χ0) is 15.2. The summed E-state index contributed by atoms with van der Waals surface area (Å²) in [5.74, 6) is -0.438. The van der Waals surface area contributed by atoms with Crippen molar-refractivity contribution in [2.75, 3.05) is 6.54 Å². The fourth-order valence-corrected chi connectivity index (χ4v) is 2.35. The first-order chi connectivity index (χ1) is 10.1. The second-order valence-corrected chi connectivity index (χ2v) is 5.35. The number of hydrogen-bond acceptors (Lipinski definition) is 1. The third-order valence-corrected chi connectivity index (χ3v) is 3.57. The van der Waals surface area contributed by atoms with Gasteiger partial charge >= 0.3 is 0 Å². The molecule has 0 amide bonds. The van der Waals surface area contributed by atoms with E-state index >= 15 is 0 Å². The summed E-state index contributed by atoms with van der Waals surface area (Å²) < 4.78 is 27.1. The molecule has 1 N–H and O–H groups in total. The standard InChI is InChI=1S/C18H21F2N/c1-3-9-21-18(11-14-5-4-6-16(19)10-14)15-8-7-13(2)17(20)12-15/h4-8,10,12,18,21H,3,9,11H2,1-2H3. The minimum Gasteiger partial charge on any atom is -0.310 e. The molecule has 112 valence electrons. The highest BCUT2D eigenvalue weighted by molar-refractivity contribution is 5.28. The molecule has 0 saturated heterocycles. The molecule has 21 heavy (non-hydrogen) atoms. The molecular formula is C18H21F2N. The van der Waals surface area contributed by atoms with E-state index in [0.29, 0.717) is 12.0 Å². The molecule has 3 heteroatoms. The maximum absolute atomic E-state index is 13.8. The minimum atomic E-state index is -0.239. The van der Waals surface area contributed by atoms with Crippen LogP contribution in [0.15, 0.2) is 42.5 Å². The van der Waals surface area contributed by atoms with Crippen molar-refractivity contribution in [3.8, 4) is 0 Å². The monoisotopic (exact) mass is 289 g/mol. The normalized spacial score (nSPS) is 12.4. The Morgan fingerprint density at radius 1 is 1.10 bits per heavy atom. The number of aryl methyl sites for hydroxylation is 1. The van der Waals surface area contributed by atoms with Crippen molar-refractivity contribution in [3.05, 3.63) is 70.8 Å². The van der Waals surface area contributed by atoms with Gasteiger partial charge in [-0.15, -0.1) is 0 Å². The van der Waals surface area contributed by atoms with Crippen molar-refractivity contribution in [3.63, 3.8) is 0 Å². The number of hydrogen-bond donors (Lipinski definition) is 1. The molecule has 0 radical (unpaired) electrons. The molecular weight excluding hydrogens is 268 g/mol. The quantitative estimate of drug-likeness (QED) is 0.822. The van der Waals surface area contributed by atoms with E-state index in [-0.39, 0.29) is 17.7 Å². The van der Waals surface area contributed by atoms with Gasteiger partial charge in [-0.1, -0.05) is 31.2 Å². The van der Waals surface area contributed by atoms with Crippen LogP contribution in [0.3, 0.4) is 0 Å². The summed E-state index contributed by atoms with van der Waals surface area (Å²) in [6, 6.07) is 11.9. The van der Waals surface area contributed by atoms with Crippen LogP contribution in [0, 0.1) is 18.6 Å². The predicted octanol–water partition coefficient (Wildman–Crippen LogP) is 4.56. The maximum atomic E-state index is 13.8. The Morgan fingerprint density at radius 2 is 1.90 bits per heavy atom. The van der Waals surface area contributed by atoms with Crippen LogP contribution in [0.5, 0.6) is 0 Å². The van der Waals surface area contributed by atoms with E-state index in [4.69, 9.17) is 0 Å². The van der Waals surface area contributed by atoms with Crippen LogP contribution in [0.2, 0.25) is 0 Å². The molecule has 1 nitrogen and oxygen atoms in total. The van der Waals surface area contributed by atoms with Gasteiger partial charge in [-0.05, 0) is 61.2 Å². The van der Waals surface area contributed by atoms with Crippen LogP contribution < -0.4 is 5.32 Å². The van der Waals surface area contributed by atoms with Gasteiger partial charge in [-0.2, -0.15) is 0 Å². The first kappa shape index (κ1) is 15.6. The van der Waals surface area contributed by atoms with Crippen molar-refractivity contribution in [2.45, 2.75) is 32.7 Å². The van der Waals surface area contributed by atoms with E-state index in [1.54, 1.807) is 25.1 Å². The van der Waals surface area contributed by atoms with Crippen molar-refractivity contribution < 1.29 is 8.78 Å². The van der Waals surface area contributed by atoms with E-state index in [9.17, 15) is 8.78 Å². The van der Waals surface area contributed by atoms with Crippen LogP contribution in [0.1, 0.15) is 36.1 Å². The van der Waals surface area contributed by atoms with E-state index < -0.39 is 0 Å². The fourth-order valence-electron chi connectivity index (χ4n) is 2.35. The van der Waals surface area contributed by atoms with Crippen LogP contribution in [-0.2, 0) is 6.42 Å². The van der Waals surface area contributed by atoms with Crippen LogP contribution in [0.4, 0.5) is 8.78 Å². The van der Waals surface area contributed by atoms with Crippen LogP contribution >= 0.6 is 0 Å². The van der Waals surface area contributed by atoms with Gasteiger partial charge in [0.1, 0.15) is 11.6 Å². The van der Waals surface area contributed by atoms with Gasteiger partial charge in [-0.25, -0.2) is 8.78 Å². The number of nitrogens with one attached hydrogen (secondary N) is 1. The zero-order valence-electron chi connectivity index (χ0n) is 12.5. The summed E-state index contributed by atoms with van der Waals surface area (Å²) in [5, 5.41) is 3.41. The zero-order valence-corrected chi connectivity index (χ0v) is 12.5. The van der Waals surface area contributed by atoms with Gasteiger partial charge in [0.2, 0.25) is 0 Å². The second-order valence-electron chi connectivity index (χ2n) is 5.35. The minimum absolute atomic E-state index is 0.0122. The molecule has 2 rings (SSSR count). The lowest BCUT2D eigenvalue weighted by Crippen LogP contribution is -2.24. The molecule has 1 atom stereocenters. The highest BCUT2D eigenvalue weighted by Gasteiger charge is 2.13. The molecule has 0 aliphatic heterocycles. The summed E-state index contributed by atoms with van der Waals surface area (Å²) in [4.78, 5) is 0. The molecule has 0 fully saturated rings. The van der Waals surface area contributed by atoms with Gasteiger partial charge in [0.05, 0.1) is 0 Å². The smallest absolute Gasteiger partial charge is 0.126 e. The van der Waals surface area contributed by atoms with E-state index in [0.717, 1.165) is 24.1 Å². The molecule has 2 aromatic carbocycles. The lowest BCUT2D eigenvalue weighted by molar-refractivity contribution is 0.521. The molecule has 0 spiro atoms. The van der Waals surface area contributed by atoms with Crippen LogP contribution in [-0.4, -0.2) is 6.54 Å². The van der Waals surface area contributed by atoms with Crippen molar-refractivity contribution >= 4 is 0 Å². The van der Waals surface area contributed by atoms with Crippen molar-refractivity contribution in [1.29, 1.82) is 0 Å². The third kappa shape index (κ3) is 4.36. The van der Waals surface area contributed by atoms with Gasteiger partial charge < -0.3 is 5.32 Å². The molecule has 2 aromatic rings. The lowest BCUT2D eigenvalue weighted by atomic mass is 9.97. The predicted molar refractivity (Wildman–Crippen MR) is 82.3 cm³/mol. The molecule has 0 saturated carbocycles. The molecule has 0 aromatic heterocycles. The Kier molecular flexibility index (Phi) is 5.45. The molecule has 0 aliphatic carbocycles. The molecule has 1 unspecified atom stereocenters. The van der Waals surface area contributed by atoms with Gasteiger partial charge in [-0.3, -0.25) is 0 Å². The van der Waals surface area contributed by atoms with E-state index in [2.05, 4.69) is 12.2 Å². The van der Waals surface area contributed by atoms with Gasteiger partial charge in [0.15, 0.2) is 0 Å². The Morgan fingerprint density at radius 3 is 2.57 bits per heavy atom. The fraction of sp³-hybridized carbons (Fsp3) is 0.333. The van der Waals surface area contributed by atoms with Gasteiger partial charge in [0.25, 0.3) is 0 Å².